The molecule has 0 unspecified atom stereocenters. The molecule has 1 aromatic heterocycles. The molecule has 6 heteroatoms. The molecule has 1 aromatic carbocycles. The smallest absolute Gasteiger partial charge is 0.273 e. The fraction of sp³-hybridized carbons (Fsp3) is 0. The zero-order valence-electron chi connectivity index (χ0n) is 10.3. The second-order valence-corrected chi connectivity index (χ2v) is 5.09. The van der Waals surface area contributed by atoms with Crippen LogP contribution in [-0.2, 0) is 4.79 Å². The van der Waals surface area contributed by atoms with Crippen LogP contribution in [0.5, 0.6) is 0 Å². The second kappa shape index (κ2) is 5.11. The number of carbonyl (C=O) groups is 1. The number of aromatic nitrogens is 1. The van der Waals surface area contributed by atoms with Gasteiger partial charge in [0.15, 0.2) is 5.11 Å². The maximum absolute atomic E-state index is 11.6. The summed E-state index contributed by atoms with van der Waals surface area (Å²) in [6.45, 7) is 0. The SMILES string of the molecule is O=C1NC(=S)N/C1=C/c1cccn1-c1ccc(Cl)cc1. The van der Waals surface area contributed by atoms with Gasteiger partial charge in [-0.2, -0.15) is 0 Å². The first-order valence-electron chi connectivity index (χ1n) is 5.91. The predicted molar refractivity (Wildman–Crippen MR) is 82.6 cm³/mol. The van der Waals surface area contributed by atoms with Crippen molar-refractivity contribution in [1.29, 1.82) is 0 Å². The molecular weight excluding hydrogens is 294 g/mol. The van der Waals surface area contributed by atoms with Crippen LogP contribution in [0.4, 0.5) is 0 Å². The number of amides is 1. The summed E-state index contributed by atoms with van der Waals surface area (Å²) < 4.78 is 1.96. The number of carbonyl (C=O) groups excluding carboxylic acids is 1. The quantitative estimate of drug-likeness (QED) is 0.662. The number of benzene rings is 1. The number of nitrogens with zero attached hydrogens (tertiary/aromatic N) is 1. The monoisotopic (exact) mass is 303 g/mol. The van der Waals surface area contributed by atoms with Crippen molar-refractivity contribution in [3.63, 3.8) is 0 Å². The van der Waals surface area contributed by atoms with E-state index in [0.29, 0.717) is 15.8 Å². The molecule has 0 radical (unpaired) electrons. The summed E-state index contributed by atoms with van der Waals surface area (Å²) in [6, 6.07) is 11.3. The molecular formula is C14H10ClN3OS. The Bertz CT molecular complexity index is 718. The Morgan fingerprint density at radius 1 is 1.15 bits per heavy atom. The molecule has 2 N–H and O–H groups in total. The summed E-state index contributed by atoms with van der Waals surface area (Å²) in [7, 11) is 0. The molecule has 0 atom stereocenters. The van der Waals surface area contributed by atoms with Crippen molar-refractivity contribution in [3.05, 3.63) is 59.0 Å². The van der Waals surface area contributed by atoms with Crippen molar-refractivity contribution in [2.24, 2.45) is 0 Å². The van der Waals surface area contributed by atoms with Gasteiger partial charge in [-0.05, 0) is 54.7 Å². The van der Waals surface area contributed by atoms with Gasteiger partial charge in [0, 0.05) is 22.6 Å². The fourth-order valence-corrected chi connectivity index (χ4v) is 2.31. The van der Waals surface area contributed by atoms with E-state index in [1.54, 1.807) is 6.08 Å². The zero-order valence-corrected chi connectivity index (χ0v) is 11.8. The first kappa shape index (κ1) is 12.9. The van der Waals surface area contributed by atoms with Crippen LogP contribution in [0.25, 0.3) is 11.8 Å². The summed E-state index contributed by atoms with van der Waals surface area (Å²) in [5.74, 6) is -0.223. The molecule has 1 amide bonds. The average molecular weight is 304 g/mol. The largest absolute Gasteiger partial charge is 0.328 e. The van der Waals surface area contributed by atoms with Crippen LogP contribution in [0.15, 0.2) is 48.3 Å². The van der Waals surface area contributed by atoms with E-state index in [0.717, 1.165) is 11.4 Å². The van der Waals surface area contributed by atoms with E-state index < -0.39 is 0 Å². The van der Waals surface area contributed by atoms with Gasteiger partial charge < -0.3 is 9.88 Å². The highest BCUT2D eigenvalue weighted by Crippen LogP contribution is 2.18. The van der Waals surface area contributed by atoms with Crippen molar-refractivity contribution in [2.45, 2.75) is 0 Å². The zero-order chi connectivity index (χ0) is 14.1. The molecule has 0 spiro atoms. The number of halogens is 1. The third-order valence-corrected chi connectivity index (χ3v) is 3.35. The van der Waals surface area contributed by atoms with Crippen molar-refractivity contribution in [3.8, 4) is 5.69 Å². The van der Waals surface area contributed by atoms with Crippen molar-refractivity contribution in [2.75, 3.05) is 0 Å². The van der Waals surface area contributed by atoms with Gasteiger partial charge in [0.1, 0.15) is 5.70 Å². The molecule has 1 aliphatic rings. The van der Waals surface area contributed by atoms with Crippen LogP contribution in [-0.4, -0.2) is 15.6 Å². The lowest BCUT2D eigenvalue weighted by atomic mass is 10.3. The standard InChI is InChI=1S/C14H10ClN3OS/c15-9-3-5-10(6-4-9)18-7-1-2-11(18)8-12-13(19)17-14(20)16-12/h1-8H,(H2,16,17,19,20)/b12-8+. The minimum atomic E-state index is -0.223. The first-order chi connectivity index (χ1) is 9.63. The van der Waals surface area contributed by atoms with Gasteiger partial charge in [-0.25, -0.2) is 0 Å². The topological polar surface area (TPSA) is 46.1 Å². The van der Waals surface area contributed by atoms with Crippen LogP contribution in [0.2, 0.25) is 5.02 Å². The molecule has 0 aliphatic carbocycles. The predicted octanol–water partition coefficient (Wildman–Crippen LogP) is 2.48. The molecule has 2 aromatic rings. The van der Waals surface area contributed by atoms with Gasteiger partial charge in [-0.3, -0.25) is 10.1 Å². The van der Waals surface area contributed by atoms with Gasteiger partial charge in [0.25, 0.3) is 5.91 Å². The van der Waals surface area contributed by atoms with Gasteiger partial charge in [-0.1, -0.05) is 11.6 Å². The summed E-state index contributed by atoms with van der Waals surface area (Å²) in [5.41, 5.74) is 2.27. The highest BCUT2D eigenvalue weighted by Gasteiger charge is 2.20. The third kappa shape index (κ3) is 2.45. The van der Waals surface area contributed by atoms with Crippen LogP contribution < -0.4 is 10.6 Å². The normalized spacial score (nSPS) is 16.4. The Morgan fingerprint density at radius 3 is 2.55 bits per heavy atom. The lowest BCUT2D eigenvalue weighted by Crippen LogP contribution is -2.21. The second-order valence-electron chi connectivity index (χ2n) is 4.25. The van der Waals surface area contributed by atoms with Gasteiger partial charge >= 0.3 is 0 Å². The summed E-state index contributed by atoms with van der Waals surface area (Å²) >= 11 is 10.8. The number of thiocarbonyl (C=S) groups is 1. The first-order valence-corrected chi connectivity index (χ1v) is 6.69. The van der Waals surface area contributed by atoms with Gasteiger partial charge in [0.2, 0.25) is 0 Å². The number of hydrogen-bond acceptors (Lipinski definition) is 2. The molecule has 1 fully saturated rings. The molecule has 0 bridgehead atoms. The van der Waals surface area contributed by atoms with E-state index in [1.807, 2.05) is 47.2 Å². The van der Waals surface area contributed by atoms with Crippen molar-refractivity contribution >= 4 is 40.9 Å². The lowest BCUT2D eigenvalue weighted by molar-refractivity contribution is -0.115. The summed E-state index contributed by atoms with van der Waals surface area (Å²) in [6.07, 6.45) is 3.67. The van der Waals surface area contributed by atoms with Crippen molar-refractivity contribution < 1.29 is 4.79 Å². The molecule has 20 heavy (non-hydrogen) atoms. The Kier molecular flexibility index (Phi) is 3.30. The van der Waals surface area contributed by atoms with Crippen LogP contribution in [0.3, 0.4) is 0 Å². The Morgan fingerprint density at radius 2 is 1.90 bits per heavy atom. The summed E-state index contributed by atoms with van der Waals surface area (Å²) in [4.78, 5) is 11.6. The minimum Gasteiger partial charge on any atom is -0.328 e. The number of hydrogen-bond donors (Lipinski definition) is 2. The number of nitrogens with one attached hydrogen (secondary N) is 2. The fourth-order valence-electron chi connectivity index (χ4n) is 1.98. The van der Waals surface area contributed by atoms with E-state index in [2.05, 4.69) is 10.6 Å². The molecule has 1 saturated heterocycles. The Balaban J connectivity index is 1.99. The maximum Gasteiger partial charge on any atom is 0.273 e. The van der Waals surface area contributed by atoms with Gasteiger partial charge in [0.05, 0.1) is 0 Å². The molecule has 1 aliphatic heterocycles. The van der Waals surface area contributed by atoms with Crippen LogP contribution in [0, 0.1) is 0 Å². The molecule has 2 heterocycles. The van der Waals surface area contributed by atoms with Gasteiger partial charge in [-0.15, -0.1) is 0 Å². The van der Waals surface area contributed by atoms with Crippen molar-refractivity contribution in [1.82, 2.24) is 15.2 Å². The number of rotatable bonds is 2. The average Bonchev–Trinajstić information content (AvgIpc) is 2.98. The summed E-state index contributed by atoms with van der Waals surface area (Å²) in [5, 5.41) is 6.37. The van der Waals surface area contributed by atoms with E-state index in [4.69, 9.17) is 23.8 Å². The highest BCUT2D eigenvalue weighted by atomic mass is 35.5. The molecule has 3 rings (SSSR count). The van der Waals surface area contributed by atoms with E-state index in [-0.39, 0.29) is 5.91 Å². The Labute approximate surface area is 126 Å². The lowest BCUT2D eigenvalue weighted by Gasteiger charge is -2.07. The highest BCUT2D eigenvalue weighted by molar-refractivity contribution is 7.80. The van der Waals surface area contributed by atoms with E-state index >= 15 is 0 Å². The van der Waals surface area contributed by atoms with E-state index in [1.165, 1.54) is 0 Å². The van der Waals surface area contributed by atoms with E-state index in [9.17, 15) is 4.79 Å². The maximum atomic E-state index is 11.6. The van der Waals surface area contributed by atoms with Crippen LogP contribution >= 0.6 is 23.8 Å². The third-order valence-electron chi connectivity index (χ3n) is 2.90. The molecule has 4 nitrogen and oxygen atoms in total. The Hall–Kier alpha value is -2.11. The minimum absolute atomic E-state index is 0.223. The molecule has 100 valence electrons. The molecule has 0 saturated carbocycles. The van der Waals surface area contributed by atoms with Crippen LogP contribution in [0.1, 0.15) is 5.69 Å².